The van der Waals surface area contributed by atoms with Crippen LogP contribution in [0.4, 0.5) is 0 Å². The fourth-order valence-corrected chi connectivity index (χ4v) is 9.56. The van der Waals surface area contributed by atoms with Gasteiger partial charge < -0.3 is 9.84 Å². The molecule has 3 saturated carbocycles. The minimum absolute atomic E-state index is 0.0189. The minimum Gasteiger partial charge on any atom is -0.393 e. The Morgan fingerprint density at radius 3 is 2.49 bits per heavy atom. The Morgan fingerprint density at radius 1 is 1.06 bits per heavy atom. The molecule has 0 heterocycles. The van der Waals surface area contributed by atoms with Gasteiger partial charge in [-0.1, -0.05) is 46.3 Å². The molecular formula is C32H54O3. The van der Waals surface area contributed by atoms with Crippen LogP contribution in [0.5, 0.6) is 0 Å². The first-order valence-electron chi connectivity index (χ1n) is 15.0. The SMILES string of the molecule is CC(=O)CC(C)OC(CC[C@@H](C)[C@H]1CC[C@H]2[C@@H]3CC=C4CC(O)CC[C@]4(C)[C@H]3CC[C@]12C)C(C)C. The Morgan fingerprint density at radius 2 is 1.80 bits per heavy atom. The largest absolute Gasteiger partial charge is 0.393 e. The molecule has 0 radical (unpaired) electrons. The fourth-order valence-electron chi connectivity index (χ4n) is 9.56. The van der Waals surface area contributed by atoms with Crippen LogP contribution in [0.3, 0.4) is 0 Å². The number of Topliss-reactive ketones (excluding diaryl/α,β-unsaturated/α-hetero) is 1. The van der Waals surface area contributed by atoms with E-state index in [1.165, 1.54) is 44.9 Å². The first-order valence-corrected chi connectivity index (χ1v) is 15.0. The molecule has 3 nitrogen and oxygen atoms in total. The molecule has 0 saturated heterocycles. The average Bonchev–Trinajstić information content (AvgIpc) is 3.13. The second-order valence-electron chi connectivity index (χ2n) is 14.1. The molecule has 0 aromatic heterocycles. The topological polar surface area (TPSA) is 46.5 Å². The Bertz CT molecular complexity index is 786. The molecule has 0 aliphatic heterocycles. The number of fused-ring (bicyclic) bond motifs is 5. The smallest absolute Gasteiger partial charge is 0.132 e. The monoisotopic (exact) mass is 486 g/mol. The number of carbonyl (C=O) groups excluding carboxylic acids is 1. The van der Waals surface area contributed by atoms with Crippen molar-refractivity contribution in [1.29, 1.82) is 0 Å². The number of hydrogen-bond donors (Lipinski definition) is 1. The summed E-state index contributed by atoms with van der Waals surface area (Å²) in [5.74, 6) is 4.78. The molecule has 0 aromatic rings. The van der Waals surface area contributed by atoms with Gasteiger partial charge in [-0.05, 0) is 124 Å². The third kappa shape index (κ3) is 5.33. The molecule has 10 atom stereocenters. The van der Waals surface area contributed by atoms with E-state index in [0.29, 0.717) is 23.2 Å². The minimum atomic E-state index is -0.111. The summed E-state index contributed by atoms with van der Waals surface area (Å²) in [5.41, 5.74) is 2.40. The summed E-state index contributed by atoms with van der Waals surface area (Å²) in [5, 5.41) is 10.3. The number of rotatable bonds is 9. The molecular weight excluding hydrogens is 432 g/mol. The van der Waals surface area contributed by atoms with Gasteiger partial charge in [0.1, 0.15) is 5.78 Å². The van der Waals surface area contributed by atoms with Gasteiger partial charge in [-0.25, -0.2) is 0 Å². The summed E-state index contributed by atoms with van der Waals surface area (Å²) >= 11 is 0. The van der Waals surface area contributed by atoms with Crippen LogP contribution in [0.1, 0.15) is 119 Å². The van der Waals surface area contributed by atoms with Gasteiger partial charge in [0.05, 0.1) is 18.3 Å². The zero-order valence-corrected chi connectivity index (χ0v) is 23.8. The van der Waals surface area contributed by atoms with E-state index in [2.05, 4.69) is 47.6 Å². The number of hydrogen-bond acceptors (Lipinski definition) is 3. The van der Waals surface area contributed by atoms with E-state index in [1.54, 1.807) is 12.5 Å². The number of ether oxygens (including phenoxy) is 1. The summed E-state index contributed by atoms with van der Waals surface area (Å²) in [6, 6.07) is 0. The van der Waals surface area contributed by atoms with Crippen LogP contribution in [-0.4, -0.2) is 29.2 Å². The Labute approximate surface area is 215 Å². The molecule has 0 amide bonds. The molecule has 0 bridgehead atoms. The zero-order chi connectivity index (χ0) is 25.5. The van der Waals surface area contributed by atoms with Crippen molar-refractivity contribution in [3.8, 4) is 0 Å². The Hall–Kier alpha value is -0.670. The van der Waals surface area contributed by atoms with Crippen molar-refractivity contribution in [3.05, 3.63) is 11.6 Å². The van der Waals surface area contributed by atoms with E-state index in [0.717, 1.165) is 48.9 Å². The number of aliphatic hydroxyl groups excluding tert-OH is 1. The standard InChI is InChI=1S/C32H54O3/c1-20(2)30(35-23(5)18-22(4)33)13-8-21(3)27-11-12-28-26-10-9-24-19-25(34)14-16-31(24,6)29(26)15-17-32(27,28)7/h9,20-21,23,25-30,34H,8,10-19H2,1-7H3/t21-,23?,25?,26+,27-,28+,29+,30?,31+,32-/m1/s1. The van der Waals surface area contributed by atoms with E-state index in [4.69, 9.17) is 4.74 Å². The molecule has 4 aliphatic rings. The van der Waals surface area contributed by atoms with E-state index in [-0.39, 0.29) is 24.1 Å². The van der Waals surface area contributed by atoms with Gasteiger partial charge >= 0.3 is 0 Å². The number of ketones is 1. The van der Waals surface area contributed by atoms with E-state index in [9.17, 15) is 9.90 Å². The summed E-state index contributed by atoms with van der Waals surface area (Å²) < 4.78 is 6.36. The van der Waals surface area contributed by atoms with Gasteiger partial charge in [-0.15, -0.1) is 0 Å². The highest BCUT2D eigenvalue weighted by atomic mass is 16.5. The lowest BCUT2D eigenvalue weighted by atomic mass is 9.47. The van der Waals surface area contributed by atoms with Crippen LogP contribution in [0, 0.1) is 46.3 Å². The quantitative estimate of drug-likeness (QED) is 0.339. The lowest BCUT2D eigenvalue weighted by Crippen LogP contribution is -2.50. The molecule has 200 valence electrons. The highest BCUT2D eigenvalue weighted by Crippen LogP contribution is 2.67. The van der Waals surface area contributed by atoms with Crippen molar-refractivity contribution in [2.24, 2.45) is 46.3 Å². The van der Waals surface area contributed by atoms with E-state index < -0.39 is 0 Å². The molecule has 1 N–H and O–H groups in total. The third-order valence-electron chi connectivity index (χ3n) is 11.5. The molecule has 0 aromatic carbocycles. The highest BCUT2D eigenvalue weighted by Gasteiger charge is 2.59. The lowest BCUT2D eigenvalue weighted by Gasteiger charge is -2.58. The normalized spacial score (nSPS) is 41.4. The van der Waals surface area contributed by atoms with Gasteiger partial charge in [-0.2, -0.15) is 0 Å². The average molecular weight is 487 g/mol. The van der Waals surface area contributed by atoms with Crippen LogP contribution in [-0.2, 0) is 9.53 Å². The molecule has 0 spiro atoms. The second kappa shape index (κ2) is 10.6. The summed E-state index contributed by atoms with van der Waals surface area (Å²) in [6.45, 7) is 16.0. The van der Waals surface area contributed by atoms with Crippen molar-refractivity contribution < 1.29 is 14.6 Å². The van der Waals surface area contributed by atoms with Crippen LogP contribution < -0.4 is 0 Å². The van der Waals surface area contributed by atoms with Crippen LogP contribution >= 0.6 is 0 Å². The van der Waals surface area contributed by atoms with Gasteiger partial charge in [0.15, 0.2) is 0 Å². The lowest BCUT2D eigenvalue weighted by molar-refractivity contribution is -0.121. The predicted molar refractivity (Wildman–Crippen MR) is 144 cm³/mol. The third-order valence-corrected chi connectivity index (χ3v) is 11.5. The molecule has 3 unspecified atom stereocenters. The molecule has 4 aliphatic carbocycles. The highest BCUT2D eigenvalue weighted by molar-refractivity contribution is 5.75. The number of aliphatic hydroxyl groups is 1. The van der Waals surface area contributed by atoms with E-state index >= 15 is 0 Å². The first kappa shape index (κ1) is 27.4. The predicted octanol–water partition coefficient (Wildman–Crippen LogP) is 7.75. The maximum atomic E-state index is 11.5. The molecule has 3 fully saturated rings. The number of allylic oxidation sites excluding steroid dienone is 1. The maximum Gasteiger partial charge on any atom is 0.132 e. The van der Waals surface area contributed by atoms with Crippen LogP contribution in [0.25, 0.3) is 0 Å². The first-order chi connectivity index (χ1) is 16.5. The van der Waals surface area contributed by atoms with Gasteiger partial charge in [-0.3, -0.25) is 4.79 Å². The van der Waals surface area contributed by atoms with Crippen molar-refractivity contribution in [3.63, 3.8) is 0 Å². The van der Waals surface area contributed by atoms with Crippen molar-refractivity contribution in [2.75, 3.05) is 0 Å². The zero-order valence-electron chi connectivity index (χ0n) is 23.8. The van der Waals surface area contributed by atoms with Crippen molar-refractivity contribution in [1.82, 2.24) is 0 Å². The fraction of sp³-hybridized carbons (Fsp3) is 0.906. The van der Waals surface area contributed by atoms with Crippen molar-refractivity contribution in [2.45, 2.75) is 137 Å². The Balaban J connectivity index is 1.40. The summed E-state index contributed by atoms with van der Waals surface area (Å²) in [4.78, 5) is 11.5. The maximum absolute atomic E-state index is 11.5. The van der Waals surface area contributed by atoms with Gasteiger partial charge in [0.25, 0.3) is 0 Å². The van der Waals surface area contributed by atoms with Crippen LogP contribution in [0.15, 0.2) is 11.6 Å². The molecule has 35 heavy (non-hydrogen) atoms. The Kier molecular flexibility index (Phi) is 8.29. The summed E-state index contributed by atoms with van der Waals surface area (Å²) in [6.07, 6.45) is 15.5. The second-order valence-corrected chi connectivity index (χ2v) is 14.1. The van der Waals surface area contributed by atoms with E-state index in [1.807, 2.05) is 0 Å². The van der Waals surface area contributed by atoms with Crippen molar-refractivity contribution >= 4 is 5.78 Å². The molecule has 4 rings (SSSR count). The van der Waals surface area contributed by atoms with Gasteiger partial charge in [0.2, 0.25) is 0 Å². The molecule has 3 heteroatoms. The van der Waals surface area contributed by atoms with Gasteiger partial charge in [0, 0.05) is 6.42 Å². The van der Waals surface area contributed by atoms with Crippen LogP contribution in [0.2, 0.25) is 0 Å². The number of carbonyl (C=O) groups is 1. The summed E-state index contributed by atoms with van der Waals surface area (Å²) in [7, 11) is 0.